The Bertz CT molecular complexity index is 473. The predicted octanol–water partition coefficient (Wildman–Crippen LogP) is 3.45. The van der Waals surface area contributed by atoms with Gasteiger partial charge in [0, 0.05) is 18.6 Å². The number of carbonyl (C=O) groups is 1. The van der Waals surface area contributed by atoms with E-state index in [1.165, 1.54) is 5.56 Å². The molecular weight excluding hydrogens is 262 g/mol. The van der Waals surface area contributed by atoms with Gasteiger partial charge in [0.1, 0.15) is 0 Å². The Morgan fingerprint density at radius 1 is 1.38 bits per heavy atom. The molecule has 0 saturated heterocycles. The third-order valence-electron chi connectivity index (χ3n) is 3.78. The molecule has 0 saturated carbocycles. The Morgan fingerprint density at radius 3 is 2.86 bits per heavy atom. The normalized spacial score (nSPS) is 18.3. The van der Waals surface area contributed by atoms with Crippen LogP contribution in [0.1, 0.15) is 51.6 Å². The zero-order valence-corrected chi connectivity index (χ0v) is 13.4. The molecule has 1 aliphatic heterocycles. The summed E-state index contributed by atoms with van der Waals surface area (Å²) in [5, 5.41) is 6.62. The molecule has 1 aliphatic rings. The third kappa shape index (κ3) is 3.97. The van der Waals surface area contributed by atoms with Crippen LogP contribution in [0.3, 0.4) is 0 Å². The molecule has 0 bridgehead atoms. The van der Waals surface area contributed by atoms with Gasteiger partial charge >= 0.3 is 6.03 Å². The lowest BCUT2D eigenvalue weighted by atomic mass is 10.0. The Balaban J connectivity index is 2.26. The Hall–Kier alpha value is -1.55. The van der Waals surface area contributed by atoms with Crippen LogP contribution in [0.5, 0.6) is 0 Å². The molecule has 1 atom stereocenters. The fourth-order valence-electron chi connectivity index (χ4n) is 2.82. The highest BCUT2D eigenvalue weighted by Crippen LogP contribution is 2.32. The Morgan fingerprint density at radius 2 is 2.14 bits per heavy atom. The van der Waals surface area contributed by atoms with Gasteiger partial charge in [-0.3, -0.25) is 4.90 Å². The number of hydrogen-bond acceptors (Lipinski definition) is 2. The Kier molecular flexibility index (Phi) is 5.62. The second-order valence-corrected chi connectivity index (χ2v) is 5.96. The number of nitrogens with one attached hydrogen (secondary N) is 2. The molecule has 2 amide bonds. The van der Waals surface area contributed by atoms with Crippen LogP contribution < -0.4 is 15.5 Å². The number of fused-ring (bicyclic) bond motifs is 1. The van der Waals surface area contributed by atoms with Gasteiger partial charge in [-0.2, -0.15) is 0 Å². The van der Waals surface area contributed by atoms with Crippen LogP contribution in [0.25, 0.3) is 0 Å². The minimum atomic E-state index is 0.00796. The van der Waals surface area contributed by atoms with Gasteiger partial charge in [0.15, 0.2) is 0 Å². The zero-order chi connectivity index (χ0) is 15.2. The highest BCUT2D eigenvalue weighted by atomic mass is 16.2. The second-order valence-electron chi connectivity index (χ2n) is 5.96. The number of hydrogen-bond donors (Lipinski definition) is 2. The minimum Gasteiger partial charge on any atom is -0.336 e. The first-order valence-electron chi connectivity index (χ1n) is 8.03. The number of para-hydroxylation sites is 1. The lowest BCUT2D eigenvalue weighted by Crippen LogP contribution is -2.43. The zero-order valence-electron chi connectivity index (χ0n) is 13.4. The van der Waals surface area contributed by atoms with Crippen molar-refractivity contribution >= 4 is 11.7 Å². The van der Waals surface area contributed by atoms with E-state index >= 15 is 0 Å². The SMILES string of the molecule is CCCNC1CCCN(C(=O)NC(C)C)c2ccccc21. The molecule has 0 aromatic heterocycles. The van der Waals surface area contributed by atoms with Gasteiger partial charge in [-0.05, 0) is 51.3 Å². The van der Waals surface area contributed by atoms with Gasteiger partial charge in [0.05, 0.1) is 5.69 Å². The smallest absolute Gasteiger partial charge is 0.322 e. The van der Waals surface area contributed by atoms with E-state index in [2.05, 4.69) is 35.8 Å². The van der Waals surface area contributed by atoms with E-state index in [9.17, 15) is 4.79 Å². The number of rotatable bonds is 4. The number of amides is 2. The average Bonchev–Trinajstić information content (AvgIpc) is 2.64. The number of nitrogens with zero attached hydrogens (tertiary/aromatic N) is 1. The summed E-state index contributed by atoms with van der Waals surface area (Å²) in [6.45, 7) is 7.95. The molecule has 21 heavy (non-hydrogen) atoms. The van der Waals surface area contributed by atoms with E-state index in [4.69, 9.17) is 0 Å². The van der Waals surface area contributed by atoms with Gasteiger partial charge in [-0.1, -0.05) is 25.1 Å². The first kappa shape index (κ1) is 15.8. The first-order chi connectivity index (χ1) is 10.1. The lowest BCUT2D eigenvalue weighted by molar-refractivity contribution is 0.244. The largest absolute Gasteiger partial charge is 0.336 e. The fourth-order valence-corrected chi connectivity index (χ4v) is 2.82. The maximum atomic E-state index is 12.4. The van der Waals surface area contributed by atoms with E-state index in [1.54, 1.807) is 0 Å². The molecule has 0 fully saturated rings. The number of carbonyl (C=O) groups excluding carboxylic acids is 1. The van der Waals surface area contributed by atoms with Crippen molar-refractivity contribution in [2.24, 2.45) is 0 Å². The van der Waals surface area contributed by atoms with E-state index in [0.29, 0.717) is 6.04 Å². The quantitative estimate of drug-likeness (QED) is 0.891. The number of urea groups is 1. The highest BCUT2D eigenvalue weighted by Gasteiger charge is 2.25. The van der Waals surface area contributed by atoms with Crippen LogP contribution >= 0.6 is 0 Å². The van der Waals surface area contributed by atoms with Crippen LogP contribution in [-0.2, 0) is 0 Å². The molecule has 2 rings (SSSR count). The summed E-state index contributed by atoms with van der Waals surface area (Å²) in [5.74, 6) is 0. The second kappa shape index (κ2) is 7.46. The molecule has 2 N–H and O–H groups in total. The van der Waals surface area contributed by atoms with Gasteiger partial charge < -0.3 is 10.6 Å². The summed E-state index contributed by atoms with van der Waals surface area (Å²) in [5.41, 5.74) is 2.28. The first-order valence-corrected chi connectivity index (χ1v) is 8.03. The molecule has 1 aromatic carbocycles. The topological polar surface area (TPSA) is 44.4 Å². The molecule has 4 heteroatoms. The Labute approximate surface area is 127 Å². The van der Waals surface area contributed by atoms with Gasteiger partial charge in [-0.25, -0.2) is 4.79 Å². The molecule has 0 aliphatic carbocycles. The van der Waals surface area contributed by atoms with Crippen LogP contribution in [0, 0.1) is 0 Å². The summed E-state index contributed by atoms with van der Waals surface area (Å²) in [6.07, 6.45) is 3.21. The summed E-state index contributed by atoms with van der Waals surface area (Å²) in [4.78, 5) is 14.3. The molecule has 0 spiro atoms. The highest BCUT2D eigenvalue weighted by molar-refractivity contribution is 5.93. The van der Waals surface area contributed by atoms with Gasteiger partial charge in [-0.15, -0.1) is 0 Å². The molecule has 116 valence electrons. The summed E-state index contributed by atoms with van der Waals surface area (Å²) < 4.78 is 0. The lowest BCUT2D eigenvalue weighted by Gasteiger charge is -2.25. The standard InChI is InChI=1S/C17H27N3O/c1-4-11-18-15-9-7-12-20(17(21)19-13(2)3)16-10-6-5-8-14(15)16/h5-6,8,10,13,15,18H,4,7,9,11-12H2,1-3H3,(H,19,21). The minimum absolute atomic E-state index is 0.00796. The number of benzene rings is 1. The van der Waals surface area contributed by atoms with Crippen molar-refractivity contribution in [2.75, 3.05) is 18.0 Å². The van der Waals surface area contributed by atoms with Crippen molar-refractivity contribution < 1.29 is 4.79 Å². The van der Waals surface area contributed by atoms with E-state index in [1.807, 2.05) is 24.8 Å². The van der Waals surface area contributed by atoms with Crippen molar-refractivity contribution in [1.29, 1.82) is 0 Å². The van der Waals surface area contributed by atoms with Gasteiger partial charge in [0.25, 0.3) is 0 Å². The predicted molar refractivity (Wildman–Crippen MR) is 87.7 cm³/mol. The van der Waals surface area contributed by atoms with Crippen molar-refractivity contribution in [3.05, 3.63) is 29.8 Å². The van der Waals surface area contributed by atoms with E-state index < -0.39 is 0 Å². The molecule has 0 radical (unpaired) electrons. The van der Waals surface area contributed by atoms with Crippen molar-refractivity contribution in [1.82, 2.24) is 10.6 Å². The molecule has 1 aromatic rings. The van der Waals surface area contributed by atoms with Crippen LogP contribution in [0.15, 0.2) is 24.3 Å². The third-order valence-corrected chi connectivity index (χ3v) is 3.78. The summed E-state index contributed by atoms with van der Waals surface area (Å²) >= 11 is 0. The maximum absolute atomic E-state index is 12.4. The molecule has 1 unspecified atom stereocenters. The van der Waals surface area contributed by atoms with Crippen molar-refractivity contribution in [2.45, 2.75) is 52.1 Å². The van der Waals surface area contributed by atoms with Gasteiger partial charge in [0.2, 0.25) is 0 Å². The molecular formula is C17H27N3O. The molecule has 4 nitrogen and oxygen atoms in total. The average molecular weight is 289 g/mol. The molecule has 1 heterocycles. The summed E-state index contributed by atoms with van der Waals surface area (Å²) in [6, 6.07) is 8.78. The number of anilines is 1. The van der Waals surface area contributed by atoms with Crippen LogP contribution in [0.2, 0.25) is 0 Å². The monoisotopic (exact) mass is 289 g/mol. The maximum Gasteiger partial charge on any atom is 0.322 e. The van der Waals surface area contributed by atoms with E-state index in [0.717, 1.165) is 38.0 Å². The van der Waals surface area contributed by atoms with Crippen LogP contribution in [0.4, 0.5) is 10.5 Å². The van der Waals surface area contributed by atoms with Crippen molar-refractivity contribution in [3.8, 4) is 0 Å². The van der Waals surface area contributed by atoms with Crippen molar-refractivity contribution in [3.63, 3.8) is 0 Å². The fraction of sp³-hybridized carbons (Fsp3) is 0.588. The summed E-state index contributed by atoms with van der Waals surface area (Å²) in [7, 11) is 0. The van der Waals surface area contributed by atoms with E-state index in [-0.39, 0.29) is 12.1 Å². The van der Waals surface area contributed by atoms with Crippen LogP contribution in [-0.4, -0.2) is 25.2 Å².